The van der Waals surface area contributed by atoms with Crippen LogP contribution in [0.5, 0.6) is 0 Å². The number of carbonyl (C=O) groups is 1. The van der Waals surface area contributed by atoms with Crippen molar-refractivity contribution >= 4 is 28.2 Å². The van der Waals surface area contributed by atoms with Crippen LogP contribution in [0.3, 0.4) is 0 Å². The number of aromatic nitrogens is 2. The molecule has 3 aliphatic rings. The molecule has 0 radical (unpaired) electrons. The summed E-state index contributed by atoms with van der Waals surface area (Å²) in [5.41, 5.74) is 4.66. The number of H-pyrrole nitrogens is 1. The fourth-order valence-corrected chi connectivity index (χ4v) is 5.94. The van der Waals surface area contributed by atoms with Gasteiger partial charge in [-0.05, 0) is 74.9 Å². The highest BCUT2D eigenvalue weighted by Gasteiger charge is 2.46. The lowest BCUT2D eigenvalue weighted by Crippen LogP contribution is -2.48. The largest absolute Gasteiger partial charge is 0.389 e. The summed E-state index contributed by atoms with van der Waals surface area (Å²) >= 11 is 0. The van der Waals surface area contributed by atoms with Crippen LogP contribution < -0.4 is 5.32 Å². The van der Waals surface area contributed by atoms with E-state index in [4.69, 9.17) is 4.98 Å². The van der Waals surface area contributed by atoms with Crippen molar-refractivity contribution in [1.29, 1.82) is 0 Å². The van der Waals surface area contributed by atoms with E-state index < -0.39 is 5.60 Å². The van der Waals surface area contributed by atoms with Gasteiger partial charge in [-0.15, -0.1) is 0 Å². The van der Waals surface area contributed by atoms with Crippen molar-refractivity contribution in [3.8, 4) is 0 Å². The van der Waals surface area contributed by atoms with Crippen LogP contribution in [0.1, 0.15) is 50.4 Å². The molecule has 0 spiro atoms. The monoisotopic (exact) mass is 472 g/mol. The van der Waals surface area contributed by atoms with E-state index in [2.05, 4.69) is 58.7 Å². The Hall–Kier alpha value is -2.96. The Labute approximate surface area is 207 Å². The quantitative estimate of drug-likeness (QED) is 0.408. The third-order valence-electron chi connectivity index (χ3n) is 7.80. The van der Waals surface area contributed by atoms with Gasteiger partial charge in [-0.3, -0.25) is 4.79 Å². The Balaban J connectivity index is 1.13. The molecule has 6 nitrogen and oxygen atoms in total. The van der Waals surface area contributed by atoms with Gasteiger partial charge in [0.2, 0.25) is 5.91 Å². The van der Waals surface area contributed by atoms with E-state index in [1.165, 1.54) is 24.5 Å². The molecule has 1 aromatic heterocycles. The molecule has 184 valence electrons. The summed E-state index contributed by atoms with van der Waals surface area (Å²) in [6, 6.07) is 16.4. The molecule has 3 unspecified atom stereocenters. The number of aromatic amines is 1. The molecule has 2 bridgehead atoms. The lowest BCUT2D eigenvalue weighted by Gasteiger charge is -2.48. The molecule has 6 rings (SSSR count). The second-order valence-corrected chi connectivity index (χ2v) is 10.4. The summed E-state index contributed by atoms with van der Waals surface area (Å²) < 4.78 is 0. The number of aryl methyl sites for hydroxylation is 1. The SMILES string of the molecule is CC(=O)Nc1cccc2[nH]c(CCCN(C)CCC3(O)CC4CCC3C=C4c3ccccc3)nc12. The Morgan fingerprint density at radius 2 is 2.00 bits per heavy atom. The molecule has 3 aliphatic carbocycles. The molecule has 6 heteroatoms. The van der Waals surface area contributed by atoms with E-state index in [0.29, 0.717) is 5.92 Å². The van der Waals surface area contributed by atoms with E-state index >= 15 is 0 Å². The third kappa shape index (κ3) is 5.19. The van der Waals surface area contributed by atoms with E-state index in [1.54, 1.807) is 0 Å². The number of imidazole rings is 1. The van der Waals surface area contributed by atoms with Crippen molar-refractivity contribution in [2.75, 3.05) is 25.5 Å². The number of hydrogen-bond acceptors (Lipinski definition) is 4. The number of hydrogen-bond donors (Lipinski definition) is 3. The first kappa shape index (κ1) is 23.8. The zero-order chi connectivity index (χ0) is 24.4. The van der Waals surface area contributed by atoms with E-state index in [-0.39, 0.29) is 11.8 Å². The Bertz CT molecular complexity index is 1220. The fourth-order valence-electron chi connectivity index (χ4n) is 5.94. The minimum Gasteiger partial charge on any atom is -0.389 e. The average molecular weight is 473 g/mol. The molecule has 3 N–H and O–H groups in total. The van der Waals surface area contributed by atoms with Gasteiger partial charge in [-0.1, -0.05) is 42.5 Å². The molecule has 3 aromatic rings. The topological polar surface area (TPSA) is 81.2 Å². The van der Waals surface area contributed by atoms with Gasteiger partial charge in [-0.2, -0.15) is 0 Å². The smallest absolute Gasteiger partial charge is 0.221 e. The number of amides is 1. The molecular weight excluding hydrogens is 436 g/mol. The predicted octanol–water partition coefficient (Wildman–Crippen LogP) is 5.02. The Morgan fingerprint density at radius 1 is 1.17 bits per heavy atom. The fraction of sp³-hybridized carbons (Fsp3) is 0.448. The van der Waals surface area contributed by atoms with Crippen LogP contribution in [0, 0.1) is 11.8 Å². The maximum Gasteiger partial charge on any atom is 0.221 e. The van der Waals surface area contributed by atoms with Crippen LogP contribution in [0.15, 0.2) is 54.6 Å². The highest BCUT2D eigenvalue weighted by molar-refractivity contribution is 5.98. The van der Waals surface area contributed by atoms with Crippen molar-refractivity contribution in [3.05, 3.63) is 66.0 Å². The van der Waals surface area contributed by atoms with Gasteiger partial charge in [0.1, 0.15) is 11.3 Å². The Morgan fingerprint density at radius 3 is 2.74 bits per heavy atom. The summed E-state index contributed by atoms with van der Waals surface area (Å²) in [6.07, 6.45) is 8.16. The van der Waals surface area contributed by atoms with Crippen molar-refractivity contribution in [2.45, 2.75) is 51.0 Å². The van der Waals surface area contributed by atoms with Crippen LogP contribution in [0.2, 0.25) is 0 Å². The predicted molar refractivity (Wildman–Crippen MR) is 141 cm³/mol. The molecule has 0 saturated heterocycles. The van der Waals surface area contributed by atoms with Crippen LogP contribution in [-0.4, -0.2) is 51.6 Å². The highest BCUT2D eigenvalue weighted by Crippen LogP contribution is 2.51. The van der Waals surface area contributed by atoms with E-state index in [9.17, 15) is 9.90 Å². The summed E-state index contributed by atoms with van der Waals surface area (Å²) in [5, 5.41) is 14.4. The maximum atomic E-state index is 11.5. The van der Waals surface area contributed by atoms with Gasteiger partial charge in [0, 0.05) is 25.8 Å². The number of benzene rings is 2. The Kier molecular flexibility index (Phi) is 6.76. The number of nitrogens with one attached hydrogen (secondary N) is 2. The molecule has 3 atom stereocenters. The number of allylic oxidation sites excluding steroid dienone is 1. The minimum absolute atomic E-state index is 0.0942. The number of aliphatic hydroxyl groups is 1. The van der Waals surface area contributed by atoms with Crippen LogP contribution in [0.25, 0.3) is 16.6 Å². The molecule has 2 aromatic carbocycles. The zero-order valence-corrected chi connectivity index (χ0v) is 20.8. The molecule has 1 heterocycles. The first-order valence-electron chi connectivity index (χ1n) is 12.8. The second-order valence-electron chi connectivity index (χ2n) is 10.4. The van der Waals surface area contributed by atoms with Gasteiger partial charge in [0.15, 0.2) is 0 Å². The van der Waals surface area contributed by atoms with Crippen molar-refractivity contribution < 1.29 is 9.90 Å². The normalized spacial score (nSPS) is 23.6. The van der Waals surface area contributed by atoms with E-state index in [0.717, 1.165) is 67.7 Å². The zero-order valence-electron chi connectivity index (χ0n) is 20.8. The van der Waals surface area contributed by atoms with Crippen molar-refractivity contribution in [3.63, 3.8) is 0 Å². The van der Waals surface area contributed by atoms with E-state index in [1.807, 2.05) is 18.2 Å². The summed E-state index contributed by atoms with van der Waals surface area (Å²) in [4.78, 5) is 21.9. The molecule has 1 fully saturated rings. The highest BCUT2D eigenvalue weighted by atomic mass is 16.3. The van der Waals surface area contributed by atoms with Crippen LogP contribution in [0.4, 0.5) is 5.69 Å². The van der Waals surface area contributed by atoms with Crippen molar-refractivity contribution in [2.24, 2.45) is 11.8 Å². The lowest BCUT2D eigenvalue weighted by molar-refractivity contribution is -0.114. The lowest BCUT2D eigenvalue weighted by atomic mass is 9.61. The van der Waals surface area contributed by atoms with Crippen LogP contribution >= 0.6 is 0 Å². The first-order valence-corrected chi connectivity index (χ1v) is 12.8. The molecule has 0 aliphatic heterocycles. The van der Waals surface area contributed by atoms with Crippen molar-refractivity contribution in [1.82, 2.24) is 14.9 Å². The standard InChI is InChI=1S/C29H36N4O2/c1-20(34)30-25-10-6-11-26-28(25)32-27(31-26)12-7-16-33(2)17-15-29(35)19-22-13-14-23(29)18-24(22)21-8-4-3-5-9-21/h3-6,8-11,18,22-23,35H,7,12-17,19H2,1-2H3,(H,30,34)(H,31,32). The first-order chi connectivity index (χ1) is 16.9. The molecular formula is C29H36N4O2. The number of rotatable bonds is 9. The summed E-state index contributed by atoms with van der Waals surface area (Å²) in [5.74, 6) is 1.56. The van der Waals surface area contributed by atoms with Gasteiger partial charge in [0.05, 0.1) is 16.8 Å². The van der Waals surface area contributed by atoms with Gasteiger partial charge >= 0.3 is 0 Å². The minimum atomic E-state index is -0.589. The molecule has 1 amide bonds. The van der Waals surface area contributed by atoms with Gasteiger partial charge in [-0.25, -0.2) is 4.98 Å². The number of para-hydroxylation sites is 1. The second kappa shape index (κ2) is 9.96. The third-order valence-corrected chi connectivity index (χ3v) is 7.80. The summed E-state index contributed by atoms with van der Waals surface area (Å²) in [7, 11) is 2.14. The molecule has 1 saturated carbocycles. The van der Waals surface area contributed by atoms with Gasteiger partial charge < -0.3 is 20.3 Å². The van der Waals surface area contributed by atoms with Crippen LogP contribution in [-0.2, 0) is 11.2 Å². The van der Waals surface area contributed by atoms with Gasteiger partial charge in [0.25, 0.3) is 0 Å². The number of fused-ring (bicyclic) bond motifs is 3. The average Bonchev–Trinajstić information content (AvgIpc) is 3.27. The summed E-state index contributed by atoms with van der Waals surface area (Å²) in [6.45, 7) is 3.35. The maximum absolute atomic E-state index is 11.5. The number of nitrogens with zero attached hydrogens (tertiary/aromatic N) is 2. The number of anilines is 1. The molecule has 35 heavy (non-hydrogen) atoms. The number of carbonyl (C=O) groups excluding carboxylic acids is 1.